The summed E-state index contributed by atoms with van der Waals surface area (Å²) in [4.78, 5) is 20.8. The third-order valence-corrected chi connectivity index (χ3v) is 4.00. The van der Waals surface area contributed by atoms with E-state index < -0.39 is 10.9 Å². The lowest BCUT2D eigenvalue weighted by Crippen LogP contribution is -2.00. The van der Waals surface area contributed by atoms with E-state index in [9.17, 15) is 14.9 Å². The zero-order valence-corrected chi connectivity index (χ0v) is 15.3. The van der Waals surface area contributed by atoms with Crippen LogP contribution in [0.1, 0.15) is 11.1 Å². The largest absolute Gasteiger partial charge is 0.493 e. The summed E-state index contributed by atoms with van der Waals surface area (Å²) in [5.74, 6) is -0.0414. The molecule has 0 saturated heterocycles. The van der Waals surface area contributed by atoms with Crippen LogP contribution in [0.2, 0.25) is 0 Å². The number of hydrogen-bond acceptors (Lipinski definition) is 5. The maximum atomic E-state index is 10.7. The van der Waals surface area contributed by atoms with Crippen LogP contribution in [0.5, 0.6) is 11.5 Å². The molecule has 0 aromatic heterocycles. The maximum absolute atomic E-state index is 10.7. The van der Waals surface area contributed by atoms with Gasteiger partial charge in [0.15, 0.2) is 11.5 Å². The number of non-ortho nitro benzene ring substituents is 1. The van der Waals surface area contributed by atoms with Gasteiger partial charge in [-0.3, -0.25) is 10.1 Å². The predicted molar refractivity (Wildman–Crippen MR) is 99.8 cm³/mol. The molecule has 2 aromatic carbocycles. The van der Waals surface area contributed by atoms with E-state index >= 15 is 0 Å². The molecule has 1 N–H and O–H groups in total. The predicted octanol–water partition coefficient (Wildman–Crippen LogP) is 3.88. The molecule has 7 nitrogen and oxygen atoms in total. The Bertz CT molecular complexity index is 817. The van der Waals surface area contributed by atoms with Gasteiger partial charge in [0.05, 0.1) is 15.6 Å². The molecule has 0 heterocycles. The minimum absolute atomic E-state index is 0.0190. The third-order valence-electron chi connectivity index (χ3n) is 3.20. The van der Waals surface area contributed by atoms with Crippen LogP contribution in [0.4, 0.5) is 5.69 Å². The molecule has 0 aliphatic rings. The van der Waals surface area contributed by atoms with Gasteiger partial charge in [-0.2, -0.15) is 0 Å². The molecule has 0 radical (unpaired) electrons. The fraction of sp³-hybridized carbons (Fsp3) is 0.118. The van der Waals surface area contributed by atoms with Crippen LogP contribution in [-0.2, 0) is 11.4 Å². The van der Waals surface area contributed by atoms with Crippen molar-refractivity contribution in [1.29, 1.82) is 0 Å². The molecule has 25 heavy (non-hydrogen) atoms. The third kappa shape index (κ3) is 5.18. The second-order valence-corrected chi connectivity index (χ2v) is 6.08. The molecule has 0 bridgehead atoms. The first-order valence-electron chi connectivity index (χ1n) is 7.05. The van der Waals surface area contributed by atoms with Crippen LogP contribution in [0.15, 0.2) is 42.5 Å². The summed E-state index contributed by atoms with van der Waals surface area (Å²) >= 11 is 2.07. The summed E-state index contributed by atoms with van der Waals surface area (Å²) in [5.41, 5.74) is 1.47. The van der Waals surface area contributed by atoms with E-state index in [1.54, 1.807) is 24.3 Å². The zero-order chi connectivity index (χ0) is 18.4. The summed E-state index contributed by atoms with van der Waals surface area (Å²) in [7, 11) is 1.49. The number of carbonyl (C=O) groups is 1. The van der Waals surface area contributed by atoms with Gasteiger partial charge in [0, 0.05) is 18.2 Å². The van der Waals surface area contributed by atoms with Crippen molar-refractivity contribution in [3.8, 4) is 11.5 Å². The highest BCUT2D eigenvalue weighted by Gasteiger charge is 2.12. The second kappa shape index (κ2) is 8.47. The van der Waals surface area contributed by atoms with Crippen molar-refractivity contribution in [3.63, 3.8) is 0 Å². The number of methoxy groups -OCH3 is 1. The average molecular weight is 455 g/mol. The Kier molecular flexibility index (Phi) is 6.34. The van der Waals surface area contributed by atoms with Gasteiger partial charge < -0.3 is 14.6 Å². The molecule has 2 rings (SSSR count). The van der Waals surface area contributed by atoms with E-state index in [4.69, 9.17) is 14.6 Å². The van der Waals surface area contributed by atoms with Crippen molar-refractivity contribution in [2.45, 2.75) is 6.61 Å². The SMILES string of the molecule is COc1cc(/C=C/C(=O)O)cc(I)c1OCc1ccc([N+](=O)[O-])cc1. The molecular weight excluding hydrogens is 441 g/mol. The van der Waals surface area contributed by atoms with Crippen molar-refractivity contribution in [3.05, 3.63) is 67.3 Å². The molecule has 0 fully saturated rings. The number of hydrogen-bond donors (Lipinski definition) is 1. The van der Waals surface area contributed by atoms with E-state index in [-0.39, 0.29) is 12.3 Å². The minimum atomic E-state index is -1.03. The number of aliphatic carboxylic acids is 1. The van der Waals surface area contributed by atoms with Gasteiger partial charge in [-0.05, 0) is 64.1 Å². The van der Waals surface area contributed by atoms with Gasteiger partial charge in [-0.1, -0.05) is 0 Å². The molecule has 2 aromatic rings. The summed E-state index contributed by atoms with van der Waals surface area (Å²) < 4.78 is 11.8. The average Bonchev–Trinajstić information content (AvgIpc) is 2.58. The molecule has 130 valence electrons. The minimum Gasteiger partial charge on any atom is -0.493 e. The standard InChI is InChI=1S/C17H14INO6/c1-24-15-9-12(4-7-16(20)21)8-14(18)17(15)25-10-11-2-5-13(6-3-11)19(22)23/h2-9H,10H2,1H3,(H,20,21)/b7-4+. The van der Waals surface area contributed by atoms with E-state index in [0.29, 0.717) is 17.1 Å². The molecule has 0 aliphatic carbocycles. The molecule has 0 spiro atoms. The normalized spacial score (nSPS) is 10.6. The summed E-state index contributed by atoms with van der Waals surface area (Å²) in [6.45, 7) is 0.217. The number of benzene rings is 2. The van der Waals surface area contributed by atoms with Gasteiger partial charge >= 0.3 is 5.97 Å². The lowest BCUT2D eigenvalue weighted by atomic mass is 10.2. The van der Waals surface area contributed by atoms with Gasteiger partial charge in [-0.15, -0.1) is 0 Å². The number of carboxylic acids is 1. The number of rotatable bonds is 7. The van der Waals surface area contributed by atoms with E-state index in [0.717, 1.165) is 15.2 Å². The van der Waals surface area contributed by atoms with Crippen LogP contribution in [-0.4, -0.2) is 23.1 Å². The van der Waals surface area contributed by atoms with Crippen LogP contribution < -0.4 is 9.47 Å². The monoisotopic (exact) mass is 455 g/mol. The molecule has 0 amide bonds. The highest BCUT2D eigenvalue weighted by atomic mass is 127. The molecule has 0 aliphatic heterocycles. The van der Waals surface area contributed by atoms with Crippen molar-refractivity contribution >= 4 is 40.3 Å². The van der Waals surface area contributed by atoms with Crippen molar-refractivity contribution < 1.29 is 24.3 Å². The Hall–Kier alpha value is -2.62. The Morgan fingerprint density at radius 3 is 2.56 bits per heavy atom. The highest BCUT2D eigenvalue weighted by molar-refractivity contribution is 14.1. The fourth-order valence-electron chi connectivity index (χ4n) is 2.01. The van der Waals surface area contributed by atoms with Crippen molar-refractivity contribution in [2.24, 2.45) is 0 Å². The quantitative estimate of drug-likeness (QED) is 0.295. The van der Waals surface area contributed by atoms with E-state index in [2.05, 4.69) is 22.6 Å². The first-order valence-corrected chi connectivity index (χ1v) is 8.13. The van der Waals surface area contributed by atoms with Crippen molar-refractivity contribution in [2.75, 3.05) is 7.11 Å². The van der Waals surface area contributed by atoms with Gasteiger partial charge in [-0.25, -0.2) is 4.79 Å². The molecular formula is C17H14INO6. The van der Waals surface area contributed by atoms with Crippen LogP contribution >= 0.6 is 22.6 Å². The number of nitro benzene ring substituents is 1. The van der Waals surface area contributed by atoms with Crippen molar-refractivity contribution in [1.82, 2.24) is 0 Å². The Labute approximate surface area is 157 Å². The molecule has 0 unspecified atom stereocenters. The van der Waals surface area contributed by atoms with E-state index in [1.165, 1.54) is 25.3 Å². The first kappa shape index (κ1) is 18.7. The van der Waals surface area contributed by atoms with Gasteiger partial charge in [0.2, 0.25) is 0 Å². The summed E-state index contributed by atoms with van der Waals surface area (Å²) in [6.07, 6.45) is 2.51. The molecule has 0 saturated carbocycles. The topological polar surface area (TPSA) is 98.9 Å². The summed E-state index contributed by atoms with van der Waals surface area (Å²) in [5, 5.41) is 19.4. The molecule has 0 atom stereocenters. The van der Waals surface area contributed by atoms with Crippen LogP contribution in [0, 0.1) is 13.7 Å². The van der Waals surface area contributed by atoms with Crippen LogP contribution in [0.3, 0.4) is 0 Å². The number of halogens is 1. The number of ether oxygens (including phenoxy) is 2. The maximum Gasteiger partial charge on any atom is 0.328 e. The Morgan fingerprint density at radius 2 is 2.00 bits per heavy atom. The molecule has 8 heteroatoms. The smallest absolute Gasteiger partial charge is 0.328 e. The van der Waals surface area contributed by atoms with Gasteiger partial charge in [0.1, 0.15) is 6.61 Å². The lowest BCUT2D eigenvalue weighted by Gasteiger charge is -2.13. The fourth-order valence-corrected chi connectivity index (χ4v) is 2.79. The first-order chi connectivity index (χ1) is 11.9. The zero-order valence-electron chi connectivity index (χ0n) is 13.1. The number of nitro groups is 1. The lowest BCUT2D eigenvalue weighted by molar-refractivity contribution is -0.384. The van der Waals surface area contributed by atoms with E-state index in [1.807, 2.05) is 0 Å². The number of nitrogens with zero attached hydrogens (tertiary/aromatic N) is 1. The Morgan fingerprint density at radius 1 is 1.32 bits per heavy atom. The summed E-state index contributed by atoms with van der Waals surface area (Å²) in [6, 6.07) is 9.53. The van der Waals surface area contributed by atoms with Crippen LogP contribution in [0.25, 0.3) is 6.08 Å². The van der Waals surface area contributed by atoms with Gasteiger partial charge in [0.25, 0.3) is 5.69 Å². The second-order valence-electron chi connectivity index (χ2n) is 4.92. The Balaban J connectivity index is 2.18. The highest BCUT2D eigenvalue weighted by Crippen LogP contribution is 2.35. The number of carboxylic acid groups (broad SMARTS) is 1.